The Kier molecular flexibility index (Phi) is 5.67. The van der Waals surface area contributed by atoms with Gasteiger partial charge in [-0.15, -0.1) is 0 Å². The Balaban J connectivity index is 2.12. The molecule has 1 aromatic rings. The summed E-state index contributed by atoms with van der Waals surface area (Å²) >= 11 is 5.99. The highest BCUT2D eigenvalue weighted by Gasteiger charge is 2.38. The highest BCUT2D eigenvalue weighted by molar-refractivity contribution is 6.30. The fourth-order valence-corrected chi connectivity index (χ4v) is 3.49. The first-order valence-corrected chi connectivity index (χ1v) is 8.31. The molecule has 3 nitrogen and oxygen atoms in total. The number of halogens is 1. The molecule has 0 aromatic heterocycles. The zero-order chi connectivity index (χ0) is 15.5. The maximum Gasteiger partial charge on any atom is 0.0406 e. The first kappa shape index (κ1) is 16.8. The van der Waals surface area contributed by atoms with Crippen LogP contribution in [-0.2, 0) is 0 Å². The Labute approximate surface area is 134 Å². The number of benzene rings is 1. The van der Waals surface area contributed by atoms with Gasteiger partial charge in [-0.1, -0.05) is 30.7 Å². The number of hydrogen-bond donors (Lipinski definition) is 1. The third-order valence-electron chi connectivity index (χ3n) is 5.30. The Morgan fingerprint density at radius 1 is 1.29 bits per heavy atom. The monoisotopic (exact) mass is 309 g/mol. The van der Waals surface area contributed by atoms with Crippen LogP contribution in [0, 0.1) is 0 Å². The summed E-state index contributed by atoms with van der Waals surface area (Å²) in [6, 6.07) is 8.52. The SMILES string of the molecule is CCN1CCC(CN)(N(C)C(C)c2ccc(Cl)cc2)CC1. The van der Waals surface area contributed by atoms with Crippen LogP contribution in [0.4, 0.5) is 0 Å². The van der Waals surface area contributed by atoms with Crippen LogP contribution in [0.2, 0.25) is 5.02 Å². The second kappa shape index (κ2) is 7.10. The van der Waals surface area contributed by atoms with E-state index in [1.165, 1.54) is 5.56 Å². The van der Waals surface area contributed by atoms with Gasteiger partial charge in [0.15, 0.2) is 0 Å². The molecule has 1 saturated heterocycles. The van der Waals surface area contributed by atoms with Crippen LogP contribution in [-0.4, -0.2) is 48.6 Å². The molecule has 1 aliphatic rings. The van der Waals surface area contributed by atoms with E-state index in [0.717, 1.165) is 44.0 Å². The van der Waals surface area contributed by atoms with Crippen molar-refractivity contribution in [3.63, 3.8) is 0 Å². The van der Waals surface area contributed by atoms with E-state index in [-0.39, 0.29) is 5.54 Å². The van der Waals surface area contributed by atoms with Crippen molar-refractivity contribution in [1.82, 2.24) is 9.80 Å². The predicted molar refractivity (Wildman–Crippen MR) is 90.8 cm³/mol. The number of nitrogens with two attached hydrogens (primary N) is 1. The zero-order valence-corrected chi connectivity index (χ0v) is 14.2. The third-order valence-corrected chi connectivity index (χ3v) is 5.55. The molecule has 21 heavy (non-hydrogen) atoms. The highest BCUT2D eigenvalue weighted by atomic mass is 35.5. The molecule has 118 valence electrons. The normalized spacial score (nSPS) is 20.7. The summed E-state index contributed by atoms with van der Waals surface area (Å²) in [5.41, 5.74) is 7.60. The minimum Gasteiger partial charge on any atom is -0.329 e. The molecule has 1 atom stereocenters. The van der Waals surface area contributed by atoms with Crippen molar-refractivity contribution in [3.8, 4) is 0 Å². The molecule has 0 saturated carbocycles. The molecule has 1 unspecified atom stereocenters. The number of likely N-dealkylation sites (tertiary alicyclic amines) is 1. The predicted octanol–water partition coefficient (Wildman–Crippen LogP) is 3.15. The Morgan fingerprint density at radius 3 is 2.33 bits per heavy atom. The van der Waals surface area contributed by atoms with E-state index < -0.39 is 0 Å². The van der Waals surface area contributed by atoms with Crippen LogP contribution in [0.25, 0.3) is 0 Å². The molecule has 0 radical (unpaired) electrons. The Bertz CT molecular complexity index is 438. The fourth-order valence-electron chi connectivity index (χ4n) is 3.36. The van der Waals surface area contributed by atoms with Crippen molar-refractivity contribution in [2.45, 2.75) is 38.3 Å². The molecule has 0 amide bonds. The van der Waals surface area contributed by atoms with Gasteiger partial charge in [-0.3, -0.25) is 4.90 Å². The lowest BCUT2D eigenvalue weighted by Gasteiger charge is -2.49. The smallest absolute Gasteiger partial charge is 0.0406 e. The van der Waals surface area contributed by atoms with E-state index in [2.05, 4.69) is 42.8 Å². The first-order chi connectivity index (χ1) is 10.0. The lowest BCUT2D eigenvalue weighted by molar-refractivity contribution is 0.0219. The molecule has 1 heterocycles. The molecule has 4 heteroatoms. The summed E-state index contributed by atoms with van der Waals surface area (Å²) in [5, 5.41) is 0.790. The molecule has 2 N–H and O–H groups in total. The molecular weight excluding hydrogens is 282 g/mol. The molecule has 1 aromatic carbocycles. The van der Waals surface area contributed by atoms with Crippen LogP contribution in [0.15, 0.2) is 24.3 Å². The number of hydrogen-bond acceptors (Lipinski definition) is 3. The van der Waals surface area contributed by atoms with Crippen LogP contribution in [0.1, 0.15) is 38.3 Å². The van der Waals surface area contributed by atoms with E-state index in [9.17, 15) is 0 Å². The van der Waals surface area contributed by atoms with Crippen LogP contribution < -0.4 is 5.73 Å². The van der Waals surface area contributed by atoms with E-state index >= 15 is 0 Å². The van der Waals surface area contributed by atoms with Gasteiger partial charge < -0.3 is 10.6 Å². The molecule has 0 aliphatic carbocycles. The number of likely N-dealkylation sites (N-methyl/N-ethyl adjacent to an activating group) is 1. The second-order valence-electron chi connectivity index (χ2n) is 6.20. The molecule has 1 aliphatic heterocycles. The second-order valence-corrected chi connectivity index (χ2v) is 6.64. The van der Waals surface area contributed by atoms with Gasteiger partial charge in [0.25, 0.3) is 0 Å². The zero-order valence-electron chi connectivity index (χ0n) is 13.5. The highest BCUT2D eigenvalue weighted by Crippen LogP contribution is 2.34. The van der Waals surface area contributed by atoms with Gasteiger partial charge in [0, 0.05) is 23.1 Å². The standard InChI is InChI=1S/C17H28ClN3/c1-4-21-11-9-17(13-19,10-12-21)20(3)14(2)15-5-7-16(18)8-6-15/h5-8,14H,4,9-13,19H2,1-3H3. The van der Waals surface area contributed by atoms with Crippen molar-refractivity contribution in [2.24, 2.45) is 5.73 Å². The topological polar surface area (TPSA) is 32.5 Å². The van der Waals surface area contributed by atoms with Crippen molar-refractivity contribution in [1.29, 1.82) is 0 Å². The van der Waals surface area contributed by atoms with Gasteiger partial charge in [-0.2, -0.15) is 0 Å². The number of piperidine rings is 1. The van der Waals surface area contributed by atoms with Crippen molar-refractivity contribution in [3.05, 3.63) is 34.9 Å². The van der Waals surface area contributed by atoms with Crippen LogP contribution in [0.5, 0.6) is 0 Å². The maximum absolute atomic E-state index is 6.18. The van der Waals surface area contributed by atoms with Crippen LogP contribution >= 0.6 is 11.6 Å². The van der Waals surface area contributed by atoms with E-state index in [0.29, 0.717) is 6.04 Å². The molecular formula is C17H28ClN3. The molecule has 0 bridgehead atoms. The first-order valence-electron chi connectivity index (χ1n) is 7.93. The fraction of sp³-hybridized carbons (Fsp3) is 0.647. The van der Waals surface area contributed by atoms with E-state index in [1.54, 1.807) is 0 Å². The average Bonchev–Trinajstić information content (AvgIpc) is 2.54. The quantitative estimate of drug-likeness (QED) is 0.907. The molecule has 2 rings (SSSR count). The van der Waals surface area contributed by atoms with E-state index in [1.807, 2.05) is 12.1 Å². The van der Waals surface area contributed by atoms with Gasteiger partial charge in [0.05, 0.1) is 0 Å². The van der Waals surface area contributed by atoms with E-state index in [4.69, 9.17) is 17.3 Å². The average molecular weight is 310 g/mol. The van der Waals surface area contributed by atoms with Crippen molar-refractivity contribution in [2.75, 3.05) is 33.2 Å². The number of nitrogens with zero attached hydrogens (tertiary/aromatic N) is 2. The number of rotatable bonds is 5. The van der Waals surface area contributed by atoms with Gasteiger partial charge in [0.2, 0.25) is 0 Å². The van der Waals surface area contributed by atoms with Gasteiger partial charge in [0.1, 0.15) is 0 Å². The Hall–Kier alpha value is -0.610. The van der Waals surface area contributed by atoms with Crippen LogP contribution in [0.3, 0.4) is 0 Å². The summed E-state index contributed by atoms with van der Waals surface area (Å²) in [7, 11) is 2.22. The minimum atomic E-state index is 0.116. The lowest BCUT2D eigenvalue weighted by Crippen LogP contribution is -2.58. The van der Waals surface area contributed by atoms with Crippen molar-refractivity contribution < 1.29 is 0 Å². The summed E-state index contributed by atoms with van der Waals surface area (Å²) in [6.07, 6.45) is 2.29. The lowest BCUT2D eigenvalue weighted by atomic mass is 9.84. The summed E-state index contributed by atoms with van der Waals surface area (Å²) in [4.78, 5) is 4.98. The molecule has 0 spiro atoms. The maximum atomic E-state index is 6.18. The third kappa shape index (κ3) is 3.59. The van der Waals surface area contributed by atoms with Gasteiger partial charge in [-0.25, -0.2) is 0 Å². The molecule has 1 fully saturated rings. The minimum absolute atomic E-state index is 0.116. The largest absolute Gasteiger partial charge is 0.329 e. The van der Waals surface area contributed by atoms with Crippen molar-refractivity contribution >= 4 is 11.6 Å². The summed E-state index contributed by atoms with van der Waals surface area (Å²) < 4.78 is 0. The Morgan fingerprint density at radius 2 is 1.86 bits per heavy atom. The summed E-state index contributed by atoms with van der Waals surface area (Å²) in [6.45, 7) is 8.63. The van der Waals surface area contributed by atoms with Gasteiger partial charge >= 0.3 is 0 Å². The summed E-state index contributed by atoms with van der Waals surface area (Å²) in [5.74, 6) is 0. The van der Waals surface area contributed by atoms with Gasteiger partial charge in [-0.05, 0) is 64.1 Å².